The Morgan fingerprint density at radius 2 is 1.45 bits per heavy atom. The van der Waals surface area contributed by atoms with Gasteiger partial charge in [-0.25, -0.2) is 0 Å². The summed E-state index contributed by atoms with van der Waals surface area (Å²) >= 11 is 0. The van der Waals surface area contributed by atoms with E-state index in [1.807, 2.05) is 45.9 Å². The molecule has 0 aromatic heterocycles. The Morgan fingerprint density at radius 1 is 0.871 bits per heavy atom. The smallest absolute Gasteiger partial charge is 0.242 e. The standard InChI is InChI=1S/C27H38N2O2/c1-20(2)24-15-12-23(13-16-24)14-17-25(30)29(19-18-22-10-8-7-9-11-22)21(3)26(31)28-27(4,5)6/h7-13,15-16,20-21H,14,17-19H2,1-6H3,(H,28,31)/t21-/m0/s1. The molecule has 0 aliphatic carbocycles. The van der Waals surface area contributed by atoms with Crippen molar-refractivity contribution in [1.82, 2.24) is 10.2 Å². The predicted octanol–water partition coefficient (Wildman–Crippen LogP) is 5.12. The molecule has 0 bridgehead atoms. The van der Waals surface area contributed by atoms with E-state index in [4.69, 9.17) is 0 Å². The average Bonchev–Trinajstić information content (AvgIpc) is 2.72. The van der Waals surface area contributed by atoms with Gasteiger partial charge in [0.1, 0.15) is 6.04 Å². The second-order valence-electron chi connectivity index (χ2n) is 9.63. The fourth-order valence-electron chi connectivity index (χ4n) is 3.51. The van der Waals surface area contributed by atoms with Gasteiger partial charge in [0, 0.05) is 18.5 Å². The summed E-state index contributed by atoms with van der Waals surface area (Å²) in [5.41, 5.74) is 3.27. The summed E-state index contributed by atoms with van der Waals surface area (Å²) in [5.74, 6) is 0.391. The van der Waals surface area contributed by atoms with Crippen LogP contribution in [0.5, 0.6) is 0 Å². The number of nitrogens with one attached hydrogen (secondary N) is 1. The van der Waals surface area contributed by atoms with Gasteiger partial charge in [-0.05, 0) is 63.1 Å². The number of carbonyl (C=O) groups is 2. The third-order valence-corrected chi connectivity index (χ3v) is 5.42. The molecule has 0 fully saturated rings. The van der Waals surface area contributed by atoms with Crippen LogP contribution in [0.4, 0.5) is 0 Å². The van der Waals surface area contributed by atoms with Crippen LogP contribution in [-0.4, -0.2) is 34.8 Å². The van der Waals surface area contributed by atoms with E-state index in [0.717, 1.165) is 17.5 Å². The van der Waals surface area contributed by atoms with Crippen LogP contribution in [0.1, 0.15) is 70.6 Å². The number of rotatable bonds is 9. The Bertz CT molecular complexity index is 836. The van der Waals surface area contributed by atoms with Crippen molar-refractivity contribution in [3.63, 3.8) is 0 Å². The van der Waals surface area contributed by atoms with Crippen molar-refractivity contribution in [2.24, 2.45) is 0 Å². The van der Waals surface area contributed by atoms with E-state index in [2.05, 4.69) is 55.6 Å². The van der Waals surface area contributed by atoms with Gasteiger partial charge < -0.3 is 10.2 Å². The van der Waals surface area contributed by atoms with Crippen LogP contribution < -0.4 is 5.32 Å². The largest absolute Gasteiger partial charge is 0.350 e. The molecule has 0 radical (unpaired) electrons. The summed E-state index contributed by atoms with van der Waals surface area (Å²) < 4.78 is 0. The van der Waals surface area contributed by atoms with Gasteiger partial charge in [0.2, 0.25) is 11.8 Å². The van der Waals surface area contributed by atoms with E-state index >= 15 is 0 Å². The summed E-state index contributed by atoms with van der Waals surface area (Å²) in [6, 6.07) is 18.1. The number of amides is 2. The van der Waals surface area contributed by atoms with E-state index in [1.54, 1.807) is 4.90 Å². The lowest BCUT2D eigenvalue weighted by Crippen LogP contribution is -2.53. The van der Waals surface area contributed by atoms with Crippen molar-refractivity contribution in [3.05, 3.63) is 71.3 Å². The fraction of sp³-hybridized carbons (Fsp3) is 0.481. The highest BCUT2D eigenvalue weighted by Crippen LogP contribution is 2.16. The number of nitrogens with zero attached hydrogens (tertiary/aromatic N) is 1. The lowest BCUT2D eigenvalue weighted by molar-refractivity contribution is -0.140. The van der Waals surface area contributed by atoms with Gasteiger partial charge in [0.25, 0.3) is 0 Å². The average molecular weight is 423 g/mol. The normalized spacial score (nSPS) is 12.5. The van der Waals surface area contributed by atoms with Crippen molar-refractivity contribution in [2.45, 2.75) is 78.3 Å². The Balaban J connectivity index is 2.07. The molecule has 0 heterocycles. The molecule has 2 amide bonds. The molecule has 4 nitrogen and oxygen atoms in total. The number of carbonyl (C=O) groups excluding carboxylic acids is 2. The van der Waals surface area contributed by atoms with Crippen molar-refractivity contribution < 1.29 is 9.59 Å². The molecule has 0 spiro atoms. The summed E-state index contributed by atoms with van der Waals surface area (Å²) in [6.45, 7) is 12.5. The van der Waals surface area contributed by atoms with E-state index < -0.39 is 6.04 Å². The first-order valence-electron chi connectivity index (χ1n) is 11.3. The molecular weight excluding hydrogens is 384 g/mol. The first-order chi connectivity index (χ1) is 14.6. The molecule has 1 N–H and O–H groups in total. The van der Waals surface area contributed by atoms with Gasteiger partial charge in [0.15, 0.2) is 0 Å². The SMILES string of the molecule is CC(C)c1ccc(CCC(=O)N(CCc2ccccc2)[C@@H](C)C(=O)NC(C)(C)C)cc1. The highest BCUT2D eigenvalue weighted by molar-refractivity contribution is 5.87. The van der Waals surface area contributed by atoms with E-state index in [0.29, 0.717) is 25.3 Å². The van der Waals surface area contributed by atoms with Crippen molar-refractivity contribution in [1.29, 1.82) is 0 Å². The molecule has 31 heavy (non-hydrogen) atoms. The van der Waals surface area contributed by atoms with Gasteiger partial charge in [-0.15, -0.1) is 0 Å². The van der Waals surface area contributed by atoms with Crippen molar-refractivity contribution >= 4 is 11.8 Å². The molecule has 0 saturated heterocycles. The Morgan fingerprint density at radius 3 is 2.00 bits per heavy atom. The highest BCUT2D eigenvalue weighted by atomic mass is 16.2. The van der Waals surface area contributed by atoms with Crippen LogP contribution in [0.3, 0.4) is 0 Å². The maximum Gasteiger partial charge on any atom is 0.242 e. The Hall–Kier alpha value is -2.62. The van der Waals surface area contributed by atoms with E-state index in [-0.39, 0.29) is 17.4 Å². The van der Waals surface area contributed by atoms with Crippen LogP contribution in [0.25, 0.3) is 0 Å². The van der Waals surface area contributed by atoms with Crippen LogP contribution in [0.15, 0.2) is 54.6 Å². The second kappa shape index (κ2) is 11.1. The van der Waals surface area contributed by atoms with Crippen LogP contribution in [0, 0.1) is 0 Å². The van der Waals surface area contributed by atoms with Gasteiger partial charge in [-0.3, -0.25) is 9.59 Å². The molecule has 168 valence electrons. The van der Waals surface area contributed by atoms with Crippen molar-refractivity contribution in [2.75, 3.05) is 6.54 Å². The second-order valence-corrected chi connectivity index (χ2v) is 9.63. The topological polar surface area (TPSA) is 49.4 Å². The quantitative estimate of drug-likeness (QED) is 0.610. The highest BCUT2D eigenvalue weighted by Gasteiger charge is 2.27. The molecule has 0 aliphatic heterocycles. The molecule has 2 aromatic carbocycles. The molecule has 0 unspecified atom stereocenters. The third kappa shape index (κ3) is 8.20. The monoisotopic (exact) mass is 422 g/mol. The summed E-state index contributed by atoms with van der Waals surface area (Å²) in [5, 5.41) is 3.01. The minimum absolute atomic E-state index is 0.0143. The number of benzene rings is 2. The van der Waals surface area contributed by atoms with Gasteiger partial charge >= 0.3 is 0 Å². The number of hydrogen-bond donors (Lipinski definition) is 1. The summed E-state index contributed by atoms with van der Waals surface area (Å²) in [6.07, 6.45) is 1.79. The number of aryl methyl sites for hydroxylation is 1. The lowest BCUT2D eigenvalue weighted by Gasteiger charge is -2.31. The molecule has 1 atom stereocenters. The first kappa shape index (κ1) is 24.6. The minimum atomic E-state index is -0.515. The third-order valence-electron chi connectivity index (χ3n) is 5.42. The van der Waals surface area contributed by atoms with E-state index in [1.165, 1.54) is 5.56 Å². The van der Waals surface area contributed by atoms with Crippen LogP contribution in [0.2, 0.25) is 0 Å². The zero-order valence-electron chi connectivity index (χ0n) is 19.9. The Labute approximate surface area is 188 Å². The lowest BCUT2D eigenvalue weighted by atomic mass is 10.00. The molecule has 2 rings (SSSR count). The molecule has 4 heteroatoms. The fourth-order valence-corrected chi connectivity index (χ4v) is 3.51. The maximum absolute atomic E-state index is 13.2. The van der Waals surface area contributed by atoms with Gasteiger partial charge in [0.05, 0.1) is 0 Å². The summed E-state index contributed by atoms with van der Waals surface area (Å²) in [4.78, 5) is 27.7. The van der Waals surface area contributed by atoms with Gasteiger partial charge in [-0.2, -0.15) is 0 Å². The molecule has 2 aromatic rings. The van der Waals surface area contributed by atoms with E-state index in [9.17, 15) is 9.59 Å². The molecular formula is C27H38N2O2. The predicted molar refractivity (Wildman–Crippen MR) is 128 cm³/mol. The first-order valence-corrected chi connectivity index (χ1v) is 11.3. The maximum atomic E-state index is 13.2. The van der Waals surface area contributed by atoms with Crippen molar-refractivity contribution in [3.8, 4) is 0 Å². The molecule has 0 saturated carbocycles. The van der Waals surface area contributed by atoms with Gasteiger partial charge in [-0.1, -0.05) is 68.4 Å². The number of hydrogen-bond acceptors (Lipinski definition) is 2. The zero-order chi connectivity index (χ0) is 23.0. The Kier molecular flexibility index (Phi) is 8.85. The summed E-state index contributed by atoms with van der Waals surface area (Å²) in [7, 11) is 0. The van der Waals surface area contributed by atoms with Crippen LogP contribution in [-0.2, 0) is 22.4 Å². The molecule has 0 aliphatic rings. The van der Waals surface area contributed by atoms with Crippen LogP contribution >= 0.6 is 0 Å². The minimum Gasteiger partial charge on any atom is -0.350 e. The zero-order valence-corrected chi connectivity index (χ0v) is 19.9.